The van der Waals surface area contributed by atoms with Crippen LogP contribution in [0.1, 0.15) is 13.8 Å². The van der Waals surface area contributed by atoms with E-state index < -0.39 is 39.9 Å². The second-order valence-electron chi connectivity index (χ2n) is 6.04. The number of amides is 2. The molecule has 0 aliphatic carbocycles. The van der Waals surface area contributed by atoms with E-state index in [2.05, 4.69) is 20.1 Å². The van der Waals surface area contributed by atoms with Gasteiger partial charge in [0.1, 0.15) is 11.9 Å². The minimum Gasteiger partial charge on any atom is -0.453 e. The zero-order valence-corrected chi connectivity index (χ0v) is 16.2. The van der Waals surface area contributed by atoms with Crippen molar-refractivity contribution in [2.45, 2.75) is 30.8 Å². The van der Waals surface area contributed by atoms with Gasteiger partial charge in [0.25, 0.3) is 0 Å². The van der Waals surface area contributed by atoms with Gasteiger partial charge in [-0.1, -0.05) is 32.0 Å². The number of carbonyl (C=O) groups is 2. The van der Waals surface area contributed by atoms with Crippen molar-refractivity contribution in [2.24, 2.45) is 11.7 Å². The Kier molecular flexibility index (Phi) is 8.19. The van der Waals surface area contributed by atoms with E-state index in [0.29, 0.717) is 0 Å². The summed E-state index contributed by atoms with van der Waals surface area (Å²) in [6.45, 7) is 3.10. The third-order valence-electron chi connectivity index (χ3n) is 3.63. The first-order valence-electron chi connectivity index (χ1n) is 8.12. The maximum atomic E-state index is 12.4. The Labute approximate surface area is 158 Å². The Morgan fingerprint density at radius 3 is 2.26 bits per heavy atom. The number of methoxy groups -OCH3 is 1. The molecule has 6 N–H and O–H groups in total. The molecule has 11 heteroatoms. The number of nitrogens with one attached hydrogen (secondary N) is 4. The lowest BCUT2D eigenvalue weighted by molar-refractivity contribution is -0.124. The lowest BCUT2D eigenvalue weighted by Crippen LogP contribution is -2.57. The van der Waals surface area contributed by atoms with Gasteiger partial charge in [-0.15, -0.1) is 0 Å². The first kappa shape index (κ1) is 22.4. The molecule has 0 radical (unpaired) electrons. The molecule has 150 valence electrons. The molecule has 1 rings (SSSR count). The second kappa shape index (κ2) is 9.88. The summed E-state index contributed by atoms with van der Waals surface area (Å²) < 4.78 is 31.3. The van der Waals surface area contributed by atoms with Crippen LogP contribution in [0.4, 0.5) is 4.79 Å². The fourth-order valence-corrected chi connectivity index (χ4v) is 3.17. The Bertz CT molecular complexity index is 767. The van der Waals surface area contributed by atoms with E-state index in [9.17, 15) is 18.0 Å². The summed E-state index contributed by atoms with van der Waals surface area (Å²) in [4.78, 5) is 23.9. The number of ether oxygens (including phenoxy) is 1. The van der Waals surface area contributed by atoms with Gasteiger partial charge in [-0.2, -0.15) is 0 Å². The Hall–Kier alpha value is -2.66. The molecule has 2 atom stereocenters. The van der Waals surface area contributed by atoms with Crippen LogP contribution in [-0.4, -0.2) is 52.0 Å². The quantitative estimate of drug-likeness (QED) is 0.284. The van der Waals surface area contributed by atoms with Gasteiger partial charge in [0.15, 0.2) is 0 Å². The summed E-state index contributed by atoms with van der Waals surface area (Å²) in [5.74, 6) is -1.33. The van der Waals surface area contributed by atoms with Gasteiger partial charge in [0.05, 0.1) is 18.0 Å². The van der Waals surface area contributed by atoms with E-state index in [1.807, 2.05) is 0 Å². The first-order valence-corrected chi connectivity index (χ1v) is 9.60. The summed E-state index contributed by atoms with van der Waals surface area (Å²) in [5, 5.41) is 12.5. The molecular formula is C16H25N5O5S. The zero-order valence-electron chi connectivity index (χ0n) is 15.4. The number of amidine groups is 1. The van der Waals surface area contributed by atoms with E-state index in [4.69, 9.17) is 11.1 Å². The Morgan fingerprint density at radius 1 is 1.19 bits per heavy atom. The number of carbonyl (C=O) groups excluding carboxylic acids is 2. The monoisotopic (exact) mass is 399 g/mol. The van der Waals surface area contributed by atoms with Gasteiger partial charge in [-0.05, 0) is 18.1 Å². The summed E-state index contributed by atoms with van der Waals surface area (Å²) in [6, 6.07) is 5.63. The van der Waals surface area contributed by atoms with Gasteiger partial charge < -0.3 is 21.1 Å². The van der Waals surface area contributed by atoms with Gasteiger partial charge in [0, 0.05) is 6.54 Å². The average Bonchev–Trinajstić information content (AvgIpc) is 2.62. The van der Waals surface area contributed by atoms with Gasteiger partial charge in [0.2, 0.25) is 15.9 Å². The predicted molar refractivity (Wildman–Crippen MR) is 99.6 cm³/mol. The highest BCUT2D eigenvalue weighted by Gasteiger charge is 2.28. The van der Waals surface area contributed by atoms with Gasteiger partial charge >= 0.3 is 6.09 Å². The van der Waals surface area contributed by atoms with E-state index in [0.717, 1.165) is 0 Å². The molecule has 0 heterocycles. The van der Waals surface area contributed by atoms with Gasteiger partial charge in [-0.25, -0.2) is 17.9 Å². The molecule has 2 amide bonds. The highest BCUT2D eigenvalue weighted by Crippen LogP contribution is 2.07. The standard InChI is InChI=1S/C16H25N5O5S/c1-10(2)13(21-16(23)26-3)15(22)20-12(14(17)18)9-19-27(24,25)11-7-5-4-6-8-11/h4-8,10,12-13,19H,9H2,1-3H3,(H3,17,18)(H,20,22)(H,21,23)/t12-,13-/m0/s1. The molecule has 0 fully saturated rings. The van der Waals surface area contributed by atoms with Crippen molar-refractivity contribution in [2.75, 3.05) is 13.7 Å². The van der Waals surface area contributed by atoms with Crippen LogP contribution in [-0.2, 0) is 19.6 Å². The molecule has 1 aromatic carbocycles. The molecule has 0 aliphatic heterocycles. The second-order valence-corrected chi connectivity index (χ2v) is 7.81. The lowest BCUT2D eigenvalue weighted by Gasteiger charge is -2.24. The minimum absolute atomic E-state index is 0.0473. The smallest absolute Gasteiger partial charge is 0.407 e. The number of hydrogen-bond donors (Lipinski definition) is 5. The van der Waals surface area contributed by atoms with Crippen LogP contribution >= 0.6 is 0 Å². The molecule has 0 saturated heterocycles. The highest BCUT2D eigenvalue weighted by atomic mass is 32.2. The van der Waals surface area contributed by atoms with Crippen molar-refractivity contribution >= 4 is 27.9 Å². The number of benzene rings is 1. The fraction of sp³-hybridized carbons (Fsp3) is 0.438. The van der Waals surface area contributed by atoms with E-state index in [1.54, 1.807) is 32.0 Å². The molecule has 27 heavy (non-hydrogen) atoms. The molecule has 0 bridgehead atoms. The minimum atomic E-state index is -3.83. The maximum Gasteiger partial charge on any atom is 0.407 e. The molecule has 0 spiro atoms. The summed E-state index contributed by atoms with van der Waals surface area (Å²) >= 11 is 0. The molecule has 10 nitrogen and oxygen atoms in total. The molecule has 0 aliphatic rings. The van der Waals surface area contributed by atoms with E-state index in [1.165, 1.54) is 19.2 Å². The van der Waals surface area contributed by atoms with Crippen LogP contribution in [0.2, 0.25) is 0 Å². The average molecular weight is 399 g/mol. The van der Waals surface area contributed by atoms with Crippen molar-refractivity contribution in [3.05, 3.63) is 30.3 Å². The van der Waals surface area contributed by atoms with Crippen LogP contribution in [0.5, 0.6) is 0 Å². The van der Waals surface area contributed by atoms with Crippen LogP contribution in [0.15, 0.2) is 35.2 Å². The van der Waals surface area contributed by atoms with Gasteiger partial charge in [-0.3, -0.25) is 10.2 Å². The van der Waals surface area contributed by atoms with Crippen LogP contribution in [0.25, 0.3) is 0 Å². The summed E-state index contributed by atoms with van der Waals surface area (Å²) in [7, 11) is -2.66. The van der Waals surface area contributed by atoms with E-state index >= 15 is 0 Å². The number of sulfonamides is 1. The number of alkyl carbamates (subject to hydrolysis) is 1. The van der Waals surface area contributed by atoms with Crippen molar-refractivity contribution in [1.82, 2.24) is 15.4 Å². The third kappa shape index (κ3) is 6.87. The lowest BCUT2D eigenvalue weighted by atomic mass is 10.0. The highest BCUT2D eigenvalue weighted by molar-refractivity contribution is 7.89. The molecular weight excluding hydrogens is 374 g/mol. The van der Waals surface area contributed by atoms with Crippen LogP contribution in [0.3, 0.4) is 0 Å². The van der Waals surface area contributed by atoms with Crippen LogP contribution < -0.4 is 21.1 Å². The topological polar surface area (TPSA) is 163 Å². The van der Waals surface area contributed by atoms with Crippen molar-refractivity contribution in [3.63, 3.8) is 0 Å². The van der Waals surface area contributed by atoms with Crippen LogP contribution in [0, 0.1) is 11.3 Å². The number of nitrogens with two attached hydrogens (primary N) is 1. The number of hydrogen-bond acceptors (Lipinski definition) is 6. The SMILES string of the molecule is COC(=O)N[C@H](C(=O)N[C@@H](CNS(=O)(=O)c1ccccc1)C(=N)N)C(C)C. The van der Waals surface area contributed by atoms with E-state index in [-0.39, 0.29) is 17.4 Å². The maximum absolute atomic E-state index is 12.4. The third-order valence-corrected chi connectivity index (χ3v) is 5.07. The Balaban J connectivity index is 2.82. The molecule has 0 saturated carbocycles. The molecule has 0 unspecified atom stereocenters. The largest absolute Gasteiger partial charge is 0.453 e. The van der Waals surface area contributed by atoms with Crippen molar-refractivity contribution < 1.29 is 22.7 Å². The fourth-order valence-electron chi connectivity index (χ4n) is 2.10. The summed E-state index contributed by atoms with van der Waals surface area (Å²) in [5.41, 5.74) is 5.48. The Morgan fingerprint density at radius 2 is 1.78 bits per heavy atom. The van der Waals surface area contributed by atoms with Crippen molar-refractivity contribution in [3.8, 4) is 0 Å². The first-order chi connectivity index (χ1) is 12.6. The number of rotatable bonds is 9. The molecule has 1 aromatic rings. The summed E-state index contributed by atoms with van der Waals surface area (Å²) in [6.07, 6.45) is -0.784. The normalized spacial score (nSPS) is 13.5. The zero-order chi connectivity index (χ0) is 20.6. The van der Waals surface area contributed by atoms with Crippen molar-refractivity contribution in [1.29, 1.82) is 5.41 Å². The molecule has 0 aromatic heterocycles. The predicted octanol–water partition coefficient (Wildman–Crippen LogP) is -0.234.